The summed E-state index contributed by atoms with van der Waals surface area (Å²) >= 11 is 0. The van der Waals surface area contributed by atoms with E-state index < -0.39 is 0 Å². The highest BCUT2D eigenvalue weighted by Gasteiger charge is 2.22. The average Bonchev–Trinajstić information content (AvgIpc) is 2.48. The van der Waals surface area contributed by atoms with Crippen LogP contribution in [0.1, 0.15) is 36.0 Å². The number of methoxy groups -OCH3 is 1. The second kappa shape index (κ2) is 6.75. The maximum absolute atomic E-state index is 12.3. The van der Waals surface area contributed by atoms with Gasteiger partial charge in [-0.1, -0.05) is 6.07 Å². The average molecular weight is 276 g/mol. The molecule has 1 amide bonds. The maximum Gasteiger partial charge on any atom is 0.251 e. The van der Waals surface area contributed by atoms with Crippen LogP contribution in [0.25, 0.3) is 0 Å². The Morgan fingerprint density at radius 1 is 1.25 bits per heavy atom. The zero-order valence-electron chi connectivity index (χ0n) is 12.6. The molecule has 0 aliphatic heterocycles. The highest BCUT2D eigenvalue weighted by molar-refractivity contribution is 5.95. The van der Waals surface area contributed by atoms with E-state index in [0.717, 1.165) is 36.9 Å². The zero-order valence-corrected chi connectivity index (χ0v) is 12.6. The molecule has 0 bridgehead atoms. The van der Waals surface area contributed by atoms with Gasteiger partial charge in [-0.2, -0.15) is 0 Å². The first kappa shape index (κ1) is 14.9. The molecule has 2 rings (SSSR count). The number of benzene rings is 1. The summed E-state index contributed by atoms with van der Waals surface area (Å²) in [7, 11) is 5.71. The van der Waals surface area contributed by atoms with E-state index in [0.29, 0.717) is 6.10 Å². The van der Waals surface area contributed by atoms with E-state index in [1.165, 1.54) is 0 Å². The molecule has 4 heteroatoms. The van der Waals surface area contributed by atoms with Crippen LogP contribution in [0.15, 0.2) is 24.3 Å². The number of nitrogens with zero attached hydrogens (tertiary/aromatic N) is 1. The quantitative estimate of drug-likeness (QED) is 0.918. The van der Waals surface area contributed by atoms with Crippen molar-refractivity contribution >= 4 is 11.6 Å². The van der Waals surface area contributed by atoms with E-state index in [9.17, 15) is 4.79 Å². The van der Waals surface area contributed by atoms with Crippen LogP contribution >= 0.6 is 0 Å². The minimum absolute atomic E-state index is 0.0227. The van der Waals surface area contributed by atoms with Gasteiger partial charge in [0, 0.05) is 38.5 Å². The van der Waals surface area contributed by atoms with E-state index in [2.05, 4.69) is 5.32 Å². The second-order valence-electron chi connectivity index (χ2n) is 5.63. The molecule has 1 aliphatic rings. The summed E-state index contributed by atoms with van der Waals surface area (Å²) in [5.41, 5.74) is 1.77. The maximum atomic E-state index is 12.3. The molecule has 1 aliphatic carbocycles. The Labute approximate surface area is 121 Å². The van der Waals surface area contributed by atoms with Gasteiger partial charge in [-0.25, -0.2) is 0 Å². The van der Waals surface area contributed by atoms with Gasteiger partial charge >= 0.3 is 0 Å². The highest BCUT2D eigenvalue weighted by Crippen LogP contribution is 2.21. The molecule has 1 aromatic rings. The fourth-order valence-electron chi connectivity index (χ4n) is 2.64. The van der Waals surface area contributed by atoms with Gasteiger partial charge in [0.25, 0.3) is 5.91 Å². The smallest absolute Gasteiger partial charge is 0.251 e. The van der Waals surface area contributed by atoms with Crippen molar-refractivity contribution in [1.82, 2.24) is 5.32 Å². The van der Waals surface area contributed by atoms with Crippen molar-refractivity contribution in [3.63, 3.8) is 0 Å². The van der Waals surface area contributed by atoms with Gasteiger partial charge in [0.15, 0.2) is 0 Å². The van der Waals surface area contributed by atoms with Gasteiger partial charge in [-0.3, -0.25) is 4.79 Å². The summed E-state index contributed by atoms with van der Waals surface area (Å²) in [4.78, 5) is 14.3. The Morgan fingerprint density at radius 3 is 2.55 bits per heavy atom. The largest absolute Gasteiger partial charge is 0.381 e. The first-order valence-corrected chi connectivity index (χ1v) is 7.21. The summed E-state index contributed by atoms with van der Waals surface area (Å²) in [6.07, 6.45) is 4.41. The van der Waals surface area contributed by atoms with E-state index in [-0.39, 0.29) is 11.9 Å². The normalized spacial score (nSPS) is 22.4. The lowest BCUT2D eigenvalue weighted by Crippen LogP contribution is -2.38. The first-order valence-electron chi connectivity index (χ1n) is 7.21. The number of ether oxygens (including phenoxy) is 1. The third-order valence-electron chi connectivity index (χ3n) is 3.97. The second-order valence-corrected chi connectivity index (χ2v) is 5.63. The molecule has 0 radical (unpaired) electrons. The predicted octanol–water partition coefficient (Wildman–Crippen LogP) is 2.44. The van der Waals surface area contributed by atoms with Crippen LogP contribution in [0, 0.1) is 0 Å². The van der Waals surface area contributed by atoms with Gasteiger partial charge < -0.3 is 15.0 Å². The molecule has 1 saturated carbocycles. The van der Waals surface area contributed by atoms with E-state index >= 15 is 0 Å². The fraction of sp³-hybridized carbons (Fsp3) is 0.562. The lowest BCUT2D eigenvalue weighted by atomic mass is 9.93. The van der Waals surface area contributed by atoms with Crippen molar-refractivity contribution < 1.29 is 9.53 Å². The van der Waals surface area contributed by atoms with Crippen LogP contribution < -0.4 is 10.2 Å². The number of nitrogens with one attached hydrogen (secondary N) is 1. The Balaban J connectivity index is 1.93. The minimum atomic E-state index is 0.0227. The van der Waals surface area contributed by atoms with E-state index in [1.807, 2.05) is 43.3 Å². The standard InChI is InChI=1S/C16H24N2O2/c1-18(2)14-6-4-5-12(11-14)16(19)17-13-7-9-15(20-3)10-8-13/h4-6,11,13,15H,7-10H2,1-3H3,(H,17,19). The van der Waals surface area contributed by atoms with Crippen LogP contribution in [0.3, 0.4) is 0 Å². The summed E-state index contributed by atoms with van der Waals surface area (Å²) < 4.78 is 5.35. The van der Waals surface area contributed by atoms with E-state index in [4.69, 9.17) is 4.74 Å². The molecule has 1 fully saturated rings. The molecule has 0 heterocycles. The van der Waals surface area contributed by atoms with Gasteiger partial charge in [0.1, 0.15) is 0 Å². The van der Waals surface area contributed by atoms with Crippen molar-refractivity contribution in [2.45, 2.75) is 37.8 Å². The molecule has 110 valence electrons. The topological polar surface area (TPSA) is 41.6 Å². The Hall–Kier alpha value is -1.55. The highest BCUT2D eigenvalue weighted by atomic mass is 16.5. The van der Waals surface area contributed by atoms with Crippen LogP contribution in [-0.4, -0.2) is 39.3 Å². The lowest BCUT2D eigenvalue weighted by Gasteiger charge is -2.28. The SMILES string of the molecule is COC1CCC(NC(=O)c2cccc(N(C)C)c2)CC1. The van der Waals surface area contributed by atoms with Crippen molar-refractivity contribution in [3.05, 3.63) is 29.8 Å². The van der Waals surface area contributed by atoms with Crippen molar-refractivity contribution in [3.8, 4) is 0 Å². The van der Waals surface area contributed by atoms with Gasteiger partial charge in [0.05, 0.1) is 6.10 Å². The third-order valence-corrected chi connectivity index (χ3v) is 3.97. The Bertz CT molecular complexity index is 452. The summed E-state index contributed by atoms with van der Waals surface area (Å²) in [6, 6.07) is 7.99. The fourth-order valence-corrected chi connectivity index (χ4v) is 2.64. The van der Waals surface area contributed by atoms with Crippen molar-refractivity contribution in [1.29, 1.82) is 0 Å². The Morgan fingerprint density at radius 2 is 1.95 bits per heavy atom. The molecular weight excluding hydrogens is 252 g/mol. The van der Waals surface area contributed by atoms with Crippen LogP contribution in [0.4, 0.5) is 5.69 Å². The third kappa shape index (κ3) is 3.73. The molecular formula is C16H24N2O2. The summed E-state index contributed by atoms with van der Waals surface area (Å²) in [5.74, 6) is 0.0227. The number of anilines is 1. The molecule has 0 atom stereocenters. The number of rotatable bonds is 4. The summed E-state index contributed by atoms with van der Waals surface area (Å²) in [6.45, 7) is 0. The molecule has 4 nitrogen and oxygen atoms in total. The Kier molecular flexibility index (Phi) is 5.01. The number of hydrogen-bond donors (Lipinski definition) is 1. The first-order chi connectivity index (χ1) is 9.60. The van der Waals surface area contributed by atoms with Crippen LogP contribution in [0.2, 0.25) is 0 Å². The number of hydrogen-bond acceptors (Lipinski definition) is 3. The van der Waals surface area contributed by atoms with Gasteiger partial charge in [0.2, 0.25) is 0 Å². The van der Waals surface area contributed by atoms with Crippen molar-refractivity contribution in [2.24, 2.45) is 0 Å². The number of amides is 1. The number of carbonyl (C=O) groups is 1. The molecule has 20 heavy (non-hydrogen) atoms. The van der Waals surface area contributed by atoms with Crippen LogP contribution in [-0.2, 0) is 4.74 Å². The van der Waals surface area contributed by atoms with Crippen molar-refractivity contribution in [2.75, 3.05) is 26.1 Å². The lowest BCUT2D eigenvalue weighted by molar-refractivity contribution is 0.0599. The number of carbonyl (C=O) groups excluding carboxylic acids is 1. The molecule has 0 saturated heterocycles. The minimum Gasteiger partial charge on any atom is -0.381 e. The van der Waals surface area contributed by atoms with Gasteiger partial charge in [-0.15, -0.1) is 0 Å². The van der Waals surface area contributed by atoms with Crippen LogP contribution in [0.5, 0.6) is 0 Å². The summed E-state index contributed by atoms with van der Waals surface area (Å²) in [5, 5.41) is 3.13. The molecule has 0 aromatic heterocycles. The monoisotopic (exact) mass is 276 g/mol. The zero-order chi connectivity index (χ0) is 14.5. The molecule has 0 unspecified atom stereocenters. The van der Waals surface area contributed by atoms with Gasteiger partial charge in [-0.05, 0) is 43.9 Å². The molecule has 1 aromatic carbocycles. The molecule has 1 N–H and O–H groups in total. The predicted molar refractivity (Wildman–Crippen MR) is 81.3 cm³/mol. The molecule has 0 spiro atoms. The van der Waals surface area contributed by atoms with E-state index in [1.54, 1.807) is 7.11 Å².